The van der Waals surface area contributed by atoms with E-state index < -0.39 is 0 Å². The van der Waals surface area contributed by atoms with Crippen molar-refractivity contribution < 1.29 is 14.3 Å². The molecule has 0 unspecified atom stereocenters. The number of nitrogens with one attached hydrogen (secondary N) is 4. The summed E-state index contributed by atoms with van der Waals surface area (Å²) in [5, 5.41) is 11.5. The molecule has 170 valence electrons. The molecule has 0 radical (unpaired) electrons. The van der Waals surface area contributed by atoms with Crippen molar-refractivity contribution in [3.63, 3.8) is 0 Å². The van der Waals surface area contributed by atoms with Crippen LogP contribution in [0.25, 0.3) is 11.1 Å². The quantitative estimate of drug-likeness (QED) is 0.363. The van der Waals surface area contributed by atoms with Crippen LogP contribution in [0.2, 0.25) is 0 Å². The Kier molecular flexibility index (Phi) is 7.72. The highest BCUT2D eigenvalue weighted by atomic mass is 16.5. The molecule has 32 heavy (non-hydrogen) atoms. The third-order valence-corrected chi connectivity index (χ3v) is 5.28. The number of aromatic nitrogens is 2. The van der Waals surface area contributed by atoms with Gasteiger partial charge in [-0.2, -0.15) is 0 Å². The normalized spacial score (nSPS) is 10.8. The molecule has 1 aromatic heterocycles. The fourth-order valence-corrected chi connectivity index (χ4v) is 3.43. The SMILES string of the molecule is CCNc1cc(-c2ccc(OCCOC)cc2)cc(C(=O)NCc2c(C)[nH][nH]c2=O)c1C. The van der Waals surface area contributed by atoms with E-state index in [0.29, 0.717) is 30.0 Å². The number of aromatic amines is 2. The van der Waals surface area contributed by atoms with Gasteiger partial charge in [-0.05, 0) is 61.7 Å². The van der Waals surface area contributed by atoms with E-state index in [1.807, 2.05) is 50.2 Å². The van der Waals surface area contributed by atoms with Crippen LogP contribution in [0.5, 0.6) is 5.75 Å². The van der Waals surface area contributed by atoms with Crippen molar-refractivity contribution >= 4 is 11.6 Å². The molecule has 4 N–H and O–H groups in total. The van der Waals surface area contributed by atoms with Crippen LogP contribution >= 0.6 is 0 Å². The summed E-state index contributed by atoms with van der Waals surface area (Å²) in [6.07, 6.45) is 0. The first-order valence-electron chi connectivity index (χ1n) is 10.6. The second-order valence-corrected chi connectivity index (χ2v) is 7.46. The highest BCUT2D eigenvalue weighted by Gasteiger charge is 2.16. The largest absolute Gasteiger partial charge is 0.491 e. The molecule has 3 aromatic rings. The molecule has 8 nitrogen and oxygen atoms in total. The number of aryl methyl sites for hydroxylation is 1. The fraction of sp³-hybridized carbons (Fsp3) is 0.333. The van der Waals surface area contributed by atoms with Crippen molar-refractivity contribution in [2.75, 3.05) is 32.2 Å². The van der Waals surface area contributed by atoms with Crippen molar-refractivity contribution in [3.05, 3.63) is 69.1 Å². The third-order valence-electron chi connectivity index (χ3n) is 5.28. The lowest BCUT2D eigenvalue weighted by Gasteiger charge is -2.16. The predicted molar refractivity (Wildman–Crippen MR) is 125 cm³/mol. The Bertz CT molecular complexity index is 1120. The number of carbonyl (C=O) groups excluding carboxylic acids is 1. The van der Waals surface area contributed by atoms with E-state index in [1.54, 1.807) is 14.0 Å². The first-order chi connectivity index (χ1) is 15.4. The van der Waals surface area contributed by atoms with Crippen LogP contribution in [-0.2, 0) is 11.3 Å². The van der Waals surface area contributed by atoms with Crippen molar-refractivity contribution in [2.24, 2.45) is 0 Å². The molecule has 0 fully saturated rings. The van der Waals surface area contributed by atoms with E-state index in [0.717, 1.165) is 34.7 Å². The second kappa shape index (κ2) is 10.7. The Morgan fingerprint density at radius 3 is 2.41 bits per heavy atom. The molecule has 0 saturated carbocycles. The maximum atomic E-state index is 13.0. The predicted octanol–water partition coefficient (Wildman–Crippen LogP) is 3.37. The van der Waals surface area contributed by atoms with Crippen LogP contribution in [0.15, 0.2) is 41.2 Å². The summed E-state index contributed by atoms with van der Waals surface area (Å²) in [5.74, 6) is 0.526. The highest BCUT2D eigenvalue weighted by Crippen LogP contribution is 2.30. The average molecular weight is 439 g/mol. The minimum Gasteiger partial charge on any atom is -0.491 e. The van der Waals surface area contributed by atoms with Gasteiger partial charge in [0.05, 0.1) is 18.7 Å². The summed E-state index contributed by atoms with van der Waals surface area (Å²) in [6, 6.07) is 11.6. The maximum Gasteiger partial charge on any atom is 0.269 e. The van der Waals surface area contributed by atoms with E-state index in [2.05, 4.69) is 20.8 Å². The van der Waals surface area contributed by atoms with E-state index in [1.165, 1.54) is 0 Å². The number of amides is 1. The molecule has 8 heteroatoms. The van der Waals surface area contributed by atoms with Gasteiger partial charge in [-0.15, -0.1) is 0 Å². The van der Waals surface area contributed by atoms with Gasteiger partial charge in [-0.1, -0.05) is 12.1 Å². The fourth-order valence-electron chi connectivity index (χ4n) is 3.43. The number of H-pyrrole nitrogens is 2. The van der Waals surface area contributed by atoms with E-state index in [4.69, 9.17) is 9.47 Å². The van der Waals surface area contributed by atoms with Crippen molar-refractivity contribution in [2.45, 2.75) is 27.3 Å². The van der Waals surface area contributed by atoms with Crippen molar-refractivity contribution in [1.82, 2.24) is 15.5 Å². The van der Waals surface area contributed by atoms with Gasteiger partial charge in [-0.3, -0.25) is 14.7 Å². The molecule has 0 aliphatic heterocycles. The number of ether oxygens (including phenoxy) is 2. The number of hydrogen-bond acceptors (Lipinski definition) is 5. The number of benzene rings is 2. The molecule has 0 aliphatic carbocycles. The Morgan fingerprint density at radius 2 is 1.78 bits per heavy atom. The van der Waals surface area contributed by atoms with Gasteiger partial charge in [0.1, 0.15) is 12.4 Å². The zero-order valence-corrected chi connectivity index (χ0v) is 18.9. The first-order valence-corrected chi connectivity index (χ1v) is 10.6. The minimum absolute atomic E-state index is 0.150. The molecule has 0 saturated heterocycles. The summed E-state index contributed by atoms with van der Waals surface area (Å²) in [6.45, 7) is 7.61. The average Bonchev–Trinajstić information content (AvgIpc) is 3.11. The molecule has 1 amide bonds. The van der Waals surface area contributed by atoms with Gasteiger partial charge in [0.25, 0.3) is 11.5 Å². The summed E-state index contributed by atoms with van der Waals surface area (Å²) in [7, 11) is 1.64. The van der Waals surface area contributed by atoms with E-state index >= 15 is 0 Å². The lowest BCUT2D eigenvalue weighted by atomic mass is 9.97. The number of rotatable bonds is 10. The van der Waals surface area contributed by atoms with Gasteiger partial charge >= 0.3 is 0 Å². The number of hydrogen-bond donors (Lipinski definition) is 4. The van der Waals surface area contributed by atoms with Crippen LogP contribution in [0.3, 0.4) is 0 Å². The first kappa shape index (κ1) is 23.1. The maximum absolute atomic E-state index is 13.0. The number of anilines is 1. The Morgan fingerprint density at radius 1 is 1.03 bits per heavy atom. The van der Waals surface area contributed by atoms with Crippen molar-refractivity contribution in [3.8, 4) is 16.9 Å². The van der Waals surface area contributed by atoms with Gasteiger partial charge in [0.15, 0.2) is 0 Å². The molecule has 0 atom stereocenters. The van der Waals surface area contributed by atoms with Gasteiger partial charge in [-0.25, -0.2) is 0 Å². The Balaban J connectivity index is 1.86. The molecular formula is C24H30N4O4. The zero-order chi connectivity index (χ0) is 23.1. The van der Waals surface area contributed by atoms with Gasteiger partial charge in [0.2, 0.25) is 0 Å². The zero-order valence-electron chi connectivity index (χ0n) is 18.9. The number of methoxy groups -OCH3 is 1. The molecule has 2 aromatic carbocycles. The summed E-state index contributed by atoms with van der Waals surface area (Å²) >= 11 is 0. The molecular weight excluding hydrogens is 408 g/mol. The molecule has 1 heterocycles. The smallest absolute Gasteiger partial charge is 0.269 e. The highest BCUT2D eigenvalue weighted by molar-refractivity contribution is 5.98. The topological polar surface area (TPSA) is 108 Å². The molecule has 0 spiro atoms. The second-order valence-electron chi connectivity index (χ2n) is 7.46. The van der Waals surface area contributed by atoms with Crippen LogP contribution in [0.4, 0.5) is 5.69 Å². The third kappa shape index (κ3) is 5.39. The van der Waals surface area contributed by atoms with Gasteiger partial charge < -0.3 is 25.2 Å². The standard InChI is InChI=1S/C24H30N4O4/c1-5-25-22-13-18(17-6-8-19(9-7-17)32-11-10-31-4)12-20(15(22)2)23(29)26-14-21-16(3)27-28-24(21)30/h6-9,12-13,25H,5,10-11,14H2,1-4H3,(H,26,29)(H2,27,28,30). The van der Waals surface area contributed by atoms with Crippen LogP contribution in [-0.4, -0.2) is 43.0 Å². The summed E-state index contributed by atoms with van der Waals surface area (Å²) < 4.78 is 10.6. The summed E-state index contributed by atoms with van der Waals surface area (Å²) in [5.41, 5.74) is 5.19. The molecule has 3 rings (SSSR count). The van der Waals surface area contributed by atoms with Gasteiger partial charge in [0, 0.05) is 30.6 Å². The Hall–Kier alpha value is -3.52. The van der Waals surface area contributed by atoms with Crippen LogP contribution in [0, 0.1) is 13.8 Å². The minimum atomic E-state index is -0.233. The van der Waals surface area contributed by atoms with E-state index in [9.17, 15) is 9.59 Å². The summed E-state index contributed by atoms with van der Waals surface area (Å²) in [4.78, 5) is 24.9. The van der Waals surface area contributed by atoms with Crippen LogP contribution in [0.1, 0.15) is 34.1 Å². The number of carbonyl (C=O) groups is 1. The van der Waals surface area contributed by atoms with Crippen LogP contribution < -0.4 is 20.9 Å². The lowest BCUT2D eigenvalue weighted by Crippen LogP contribution is -2.26. The van der Waals surface area contributed by atoms with E-state index in [-0.39, 0.29) is 18.0 Å². The molecule has 0 aliphatic rings. The lowest BCUT2D eigenvalue weighted by molar-refractivity contribution is 0.0950. The Labute approximate surface area is 187 Å². The molecule has 0 bridgehead atoms. The monoisotopic (exact) mass is 438 g/mol. The van der Waals surface area contributed by atoms with Crippen molar-refractivity contribution in [1.29, 1.82) is 0 Å².